The molecule has 0 aliphatic carbocycles. The number of ether oxygens (including phenoxy) is 1. The Bertz CT molecular complexity index is 1190. The van der Waals surface area contributed by atoms with Crippen LogP contribution >= 0.6 is 22.7 Å². The maximum atomic E-state index is 13.4. The summed E-state index contributed by atoms with van der Waals surface area (Å²) in [5.74, 6) is 0.452. The van der Waals surface area contributed by atoms with Gasteiger partial charge in [0.05, 0.1) is 10.4 Å². The van der Waals surface area contributed by atoms with E-state index in [9.17, 15) is 9.59 Å². The van der Waals surface area contributed by atoms with Crippen LogP contribution in [0.2, 0.25) is 0 Å². The molecule has 1 saturated heterocycles. The number of para-hydroxylation sites is 1. The van der Waals surface area contributed by atoms with Crippen molar-refractivity contribution in [3.63, 3.8) is 0 Å². The highest BCUT2D eigenvalue weighted by Gasteiger charge is 2.36. The highest BCUT2D eigenvalue weighted by molar-refractivity contribution is 7.14. The fraction of sp³-hybridized carbons (Fsp3) is 0.444. The molecule has 0 radical (unpaired) electrons. The van der Waals surface area contributed by atoms with Gasteiger partial charge in [0.2, 0.25) is 11.9 Å². The van der Waals surface area contributed by atoms with Crippen LogP contribution < -0.4 is 9.64 Å². The Labute approximate surface area is 220 Å². The second-order valence-corrected chi connectivity index (χ2v) is 10.9. The van der Waals surface area contributed by atoms with Gasteiger partial charge >= 0.3 is 0 Å². The maximum absolute atomic E-state index is 13.4. The van der Waals surface area contributed by atoms with Crippen LogP contribution in [0.1, 0.15) is 58.5 Å². The van der Waals surface area contributed by atoms with Gasteiger partial charge in [-0.1, -0.05) is 32.0 Å². The first-order valence-corrected chi connectivity index (χ1v) is 14.4. The first kappa shape index (κ1) is 25.1. The van der Waals surface area contributed by atoms with Gasteiger partial charge in [-0.15, -0.1) is 22.7 Å². The van der Waals surface area contributed by atoms with Crippen molar-refractivity contribution in [1.82, 2.24) is 14.8 Å². The molecule has 190 valence electrons. The van der Waals surface area contributed by atoms with E-state index in [1.54, 1.807) is 17.0 Å². The van der Waals surface area contributed by atoms with E-state index >= 15 is 0 Å². The second-order valence-electron chi connectivity index (χ2n) is 9.17. The standard InChI is InChI=1S/C27H32N4O3S2/c1-3-30(4-2)19-12-15-29(17-19)13-8-14-31(26(33)23-11-7-16-35-23)27-28-21(18-36-27)25-24(32)20-9-5-6-10-22(20)34-25/h5-7,9-11,16,18-19,25H,3-4,8,12-15,17H2,1-2H3. The molecule has 2 unspecified atom stereocenters. The smallest absolute Gasteiger partial charge is 0.270 e. The van der Waals surface area contributed by atoms with Crippen LogP contribution in [0.4, 0.5) is 5.13 Å². The summed E-state index contributed by atoms with van der Waals surface area (Å²) >= 11 is 2.83. The summed E-state index contributed by atoms with van der Waals surface area (Å²) in [7, 11) is 0. The van der Waals surface area contributed by atoms with Gasteiger partial charge in [-0.3, -0.25) is 19.4 Å². The lowest BCUT2D eigenvalue weighted by molar-refractivity contribution is 0.0854. The monoisotopic (exact) mass is 524 g/mol. The maximum Gasteiger partial charge on any atom is 0.270 e. The number of carbonyl (C=O) groups is 2. The van der Waals surface area contributed by atoms with Crippen molar-refractivity contribution >= 4 is 39.5 Å². The number of benzene rings is 1. The average molecular weight is 525 g/mol. The molecule has 7 nitrogen and oxygen atoms in total. The molecule has 0 N–H and O–H groups in total. The number of ketones is 1. The number of amides is 1. The number of fused-ring (bicyclic) bond motifs is 1. The molecule has 5 rings (SSSR count). The number of rotatable bonds is 10. The predicted molar refractivity (Wildman–Crippen MR) is 145 cm³/mol. The van der Waals surface area contributed by atoms with E-state index < -0.39 is 6.10 Å². The zero-order valence-electron chi connectivity index (χ0n) is 20.8. The summed E-state index contributed by atoms with van der Waals surface area (Å²) in [4.78, 5) is 38.5. The largest absolute Gasteiger partial charge is 0.475 e. The van der Waals surface area contributed by atoms with Crippen LogP contribution in [0.3, 0.4) is 0 Å². The minimum absolute atomic E-state index is 0.0460. The van der Waals surface area contributed by atoms with Crippen LogP contribution in [0, 0.1) is 0 Å². The number of carbonyl (C=O) groups excluding carboxylic acids is 2. The fourth-order valence-electron chi connectivity index (χ4n) is 5.13. The Kier molecular flexibility index (Phi) is 7.81. The van der Waals surface area contributed by atoms with Gasteiger partial charge in [0, 0.05) is 24.5 Å². The third-order valence-electron chi connectivity index (χ3n) is 7.05. The van der Waals surface area contributed by atoms with Crippen LogP contribution in [0.5, 0.6) is 5.75 Å². The van der Waals surface area contributed by atoms with Gasteiger partial charge in [0.15, 0.2) is 5.13 Å². The van der Waals surface area contributed by atoms with E-state index in [1.165, 1.54) is 29.1 Å². The molecule has 1 fully saturated rings. The molecule has 9 heteroatoms. The average Bonchev–Trinajstić information content (AvgIpc) is 3.70. The quantitative estimate of drug-likeness (QED) is 0.373. The highest BCUT2D eigenvalue weighted by Crippen LogP contribution is 2.38. The van der Waals surface area contributed by atoms with E-state index in [0.717, 1.165) is 39.1 Å². The molecule has 0 bridgehead atoms. The first-order chi connectivity index (χ1) is 17.6. The number of thiophene rings is 1. The third-order valence-corrected chi connectivity index (χ3v) is 8.79. The van der Waals surface area contributed by atoms with E-state index in [2.05, 4.69) is 23.6 Å². The Morgan fingerprint density at radius 1 is 1.17 bits per heavy atom. The lowest BCUT2D eigenvalue weighted by Crippen LogP contribution is -2.38. The Morgan fingerprint density at radius 2 is 2.00 bits per heavy atom. The van der Waals surface area contributed by atoms with Crippen molar-refractivity contribution in [3.8, 4) is 5.75 Å². The molecule has 2 aliphatic rings. The van der Waals surface area contributed by atoms with E-state index in [1.807, 2.05) is 35.0 Å². The summed E-state index contributed by atoms with van der Waals surface area (Å²) in [5.41, 5.74) is 1.14. The number of hydrogen-bond acceptors (Lipinski definition) is 8. The van der Waals surface area contributed by atoms with Crippen molar-refractivity contribution in [3.05, 3.63) is 63.3 Å². The third kappa shape index (κ3) is 5.11. The molecule has 0 saturated carbocycles. The van der Waals surface area contributed by atoms with Gasteiger partial charge in [0.1, 0.15) is 11.4 Å². The van der Waals surface area contributed by atoms with Crippen LogP contribution in [0.25, 0.3) is 0 Å². The minimum atomic E-state index is -0.757. The zero-order chi connectivity index (χ0) is 25.1. The molecule has 0 spiro atoms. The summed E-state index contributed by atoms with van der Waals surface area (Å²) in [6.07, 6.45) is 1.31. The van der Waals surface area contributed by atoms with Crippen molar-refractivity contribution in [1.29, 1.82) is 0 Å². The van der Waals surface area contributed by atoms with E-state index in [-0.39, 0.29) is 11.7 Å². The molecule has 4 heterocycles. The summed E-state index contributed by atoms with van der Waals surface area (Å²) in [5, 5.41) is 4.37. The molecule has 2 aliphatic heterocycles. The predicted octanol–water partition coefficient (Wildman–Crippen LogP) is 4.97. The minimum Gasteiger partial charge on any atom is -0.475 e. The molecule has 36 heavy (non-hydrogen) atoms. The van der Waals surface area contributed by atoms with Crippen molar-refractivity contribution in [2.24, 2.45) is 0 Å². The van der Waals surface area contributed by atoms with Gasteiger partial charge in [-0.05, 0) is 62.6 Å². The Morgan fingerprint density at radius 3 is 2.75 bits per heavy atom. The summed E-state index contributed by atoms with van der Waals surface area (Å²) in [6, 6.07) is 11.6. The number of aromatic nitrogens is 1. The van der Waals surface area contributed by atoms with Crippen LogP contribution in [0.15, 0.2) is 47.2 Å². The van der Waals surface area contributed by atoms with Crippen molar-refractivity contribution in [2.45, 2.75) is 38.8 Å². The van der Waals surface area contributed by atoms with Gasteiger partial charge < -0.3 is 9.64 Å². The molecular weight excluding hydrogens is 492 g/mol. The highest BCUT2D eigenvalue weighted by atomic mass is 32.1. The number of anilines is 1. The van der Waals surface area contributed by atoms with Crippen molar-refractivity contribution < 1.29 is 14.3 Å². The fourth-order valence-corrected chi connectivity index (χ4v) is 6.67. The first-order valence-electron chi connectivity index (χ1n) is 12.7. The van der Waals surface area contributed by atoms with Crippen molar-refractivity contribution in [2.75, 3.05) is 44.2 Å². The molecule has 1 aromatic carbocycles. The number of nitrogens with zero attached hydrogens (tertiary/aromatic N) is 4. The van der Waals surface area contributed by atoms with E-state index in [0.29, 0.717) is 39.6 Å². The molecular formula is C27H32N4O3S2. The zero-order valence-corrected chi connectivity index (χ0v) is 22.4. The van der Waals surface area contributed by atoms with Gasteiger partial charge in [-0.2, -0.15) is 0 Å². The molecule has 1 amide bonds. The number of thiazole rings is 1. The molecule has 2 atom stereocenters. The normalized spacial score (nSPS) is 19.6. The number of hydrogen-bond donors (Lipinski definition) is 0. The summed E-state index contributed by atoms with van der Waals surface area (Å²) < 4.78 is 5.91. The number of likely N-dealkylation sites (N-methyl/N-ethyl adjacent to an activating group) is 1. The lowest BCUT2D eigenvalue weighted by Gasteiger charge is -2.26. The van der Waals surface area contributed by atoms with Gasteiger partial charge in [0.25, 0.3) is 5.91 Å². The van der Waals surface area contributed by atoms with E-state index in [4.69, 9.17) is 9.72 Å². The van der Waals surface area contributed by atoms with Gasteiger partial charge in [-0.25, -0.2) is 4.98 Å². The topological polar surface area (TPSA) is 66.0 Å². The molecule has 3 aromatic rings. The lowest BCUT2D eigenvalue weighted by atomic mass is 10.1. The molecule has 2 aromatic heterocycles. The Hall–Kier alpha value is -2.59. The summed E-state index contributed by atoms with van der Waals surface area (Å²) in [6.45, 7) is 10.3. The van der Waals surface area contributed by atoms with Crippen LogP contribution in [-0.4, -0.2) is 71.8 Å². The number of likely N-dealkylation sites (tertiary alicyclic amines) is 1. The van der Waals surface area contributed by atoms with Crippen LogP contribution in [-0.2, 0) is 0 Å². The SMILES string of the molecule is CCN(CC)C1CCN(CCCN(C(=O)c2cccs2)c2nc(C3Oc4ccccc4C3=O)cs2)C1. The number of Topliss-reactive ketones (excluding diaryl/α,β-unsaturated/α-hetero) is 1. The second kappa shape index (κ2) is 11.2. The Balaban J connectivity index is 1.27.